The summed E-state index contributed by atoms with van der Waals surface area (Å²) in [6.07, 6.45) is 0.943. The molecule has 1 saturated heterocycles. The van der Waals surface area contributed by atoms with Crippen LogP contribution in [0.2, 0.25) is 0 Å². The molecular weight excluding hydrogens is 418 g/mol. The average Bonchev–Trinajstić information content (AvgIpc) is 3.64. The third kappa shape index (κ3) is 4.01. The summed E-state index contributed by atoms with van der Waals surface area (Å²) in [5.74, 6) is 2.87. The van der Waals surface area contributed by atoms with E-state index in [-0.39, 0.29) is 11.8 Å². The van der Waals surface area contributed by atoms with Gasteiger partial charge in [0.25, 0.3) is 0 Å². The number of hydrogen-bond acceptors (Lipinski definition) is 7. The predicted molar refractivity (Wildman–Crippen MR) is 128 cm³/mol. The van der Waals surface area contributed by atoms with Crippen LogP contribution in [-0.2, 0) is 4.79 Å². The van der Waals surface area contributed by atoms with E-state index in [1.807, 2.05) is 11.0 Å². The van der Waals surface area contributed by atoms with Crippen LogP contribution in [0.3, 0.4) is 0 Å². The van der Waals surface area contributed by atoms with Gasteiger partial charge in [0.05, 0.1) is 19.7 Å². The van der Waals surface area contributed by atoms with Crippen LogP contribution in [0.25, 0.3) is 10.9 Å². The highest BCUT2D eigenvalue weighted by Gasteiger charge is 2.46. The molecule has 0 bridgehead atoms. The Balaban J connectivity index is 1.27. The van der Waals surface area contributed by atoms with Gasteiger partial charge in [-0.2, -0.15) is 4.98 Å². The van der Waals surface area contributed by atoms with Gasteiger partial charge in [0, 0.05) is 43.5 Å². The first-order valence-corrected chi connectivity index (χ1v) is 11.3. The predicted octanol–water partition coefficient (Wildman–Crippen LogP) is 2.99. The van der Waals surface area contributed by atoms with Crippen molar-refractivity contribution in [2.45, 2.75) is 19.3 Å². The highest BCUT2D eigenvalue weighted by atomic mass is 16.5. The van der Waals surface area contributed by atoms with Crippen LogP contribution >= 0.6 is 0 Å². The molecule has 3 aromatic rings. The number of methoxy groups -OCH3 is 2. The minimum absolute atomic E-state index is 0.105. The van der Waals surface area contributed by atoms with Gasteiger partial charge in [-0.1, -0.05) is 29.8 Å². The van der Waals surface area contributed by atoms with E-state index in [4.69, 9.17) is 20.2 Å². The summed E-state index contributed by atoms with van der Waals surface area (Å²) in [6.45, 7) is 4.75. The molecule has 2 atom stereocenters. The number of carbonyl (C=O) groups excluding carboxylic acids is 1. The molecular formula is C25H29N5O3. The molecule has 0 radical (unpaired) electrons. The molecule has 1 aliphatic heterocycles. The van der Waals surface area contributed by atoms with Crippen LogP contribution in [0.1, 0.15) is 23.5 Å². The zero-order valence-corrected chi connectivity index (χ0v) is 19.2. The maximum absolute atomic E-state index is 13.1. The van der Waals surface area contributed by atoms with Crippen LogP contribution in [0.5, 0.6) is 11.5 Å². The lowest BCUT2D eigenvalue weighted by atomic mass is 10.1. The molecule has 2 unspecified atom stereocenters. The summed E-state index contributed by atoms with van der Waals surface area (Å²) in [6, 6.07) is 12.1. The topological polar surface area (TPSA) is 93.8 Å². The van der Waals surface area contributed by atoms with Gasteiger partial charge in [0.1, 0.15) is 5.82 Å². The Kier molecular flexibility index (Phi) is 5.44. The van der Waals surface area contributed by atoms with Gasteiger partial charge in [-0.3, -0.25) is 4.79 Å². The molecule has 2 fully saturated rings. The molecule has 1 saturated carbocycles. The number of piperazine rings is 1. The molecule has 2 aromatic carbocycles. The van der Waals surface area contributed by atoms with Crippen molar-refractivity contribution in [2.24, 2.45) is 5.92 Å². The molecule has 1 aliphatic carbocycles. The number of hydrogen-bond donors (Lipinski definition) is 1. The molecule has 8 heteroatoms. The Labute approximate surface area is 193 Å². The smallest absolute Gasteiger partial charge is 0.228 e. The summed E-state index contributed by atoms with van der Waals surface area (Å²) < 4.78 is 10.8. The monoisotopic (exact) mass is 447 g/mol. The summed E-state index contributed by atoms with van der Waals surface area (Å²) in [5.41, 5.74) is 9.46. The number of ether oxygens (including phenoxy) is 2. The number of rotatable bonds is 5. The van der Waals surface area contributed by atoms with Gasteiger partial charge in [0.2, 0.25) is 11.9 Å². The van der Waals surface area contributed by atoms with Gasteiger partial charge in [-0.25, -0.2) is 4.98 Å². The second kappa shape index (κ2) is 8.42. The van der Waals surface area contributed by atoms with Crippen molar-refractivity contribution < 1.29 is 14.3 Å². The fourth-order valence-corrected chi connectivity index (χ4v) is 4.71. The minimum Gasteiger partial charge on any atom is -0.493 e. The molecule has 5 rings (SSSR count). The van der Waals surface area contributed by atoms with Crippen molar-refractivity contribution in [2.75, 3.05) is 51.0 Å². The van der Waals surface area contributed by atoms with Gasteiger partial charge < -0.3 is 25.0 Å². The van der Waals surface area contributed by atoms with Crippen LogP contribution in [0.15, 0.2) is 36.4 Å². The molecule has 1 amide bonds. The van der Waals surface area contributed by atoms with E-state index < -0.39 is 0 Å². The number of nitrogens with zero attached hydrogens (tertiary/aromatic N) is 4. The van der Waals surface area contributed by atoms with Crippen molar-refractivity contribution >= 4 is 28.6 Å². The highest BCUT2D eigenvalue weighted by molar-refractivity contribution is 5.91. The van der Waals surface area contributed by atoms with E-state index >= 15 is 0 Å². The van der Waals surface area contributed by atoms with Gasteiger partial charge >= 0.3 is 0 Å². The lowest BCUT2D eigenvalue weighted by Crippen LogP contribution is -2.49. The van der Waals surface area contributed by atoms with E-state index in [2.05, 4.69) is 41.1 Å². The van der Waals surface area contributed by atoms with Crippen molar-refractivity contribution in [1.29, 1.82) is 0 Å². The summed E-state index contributed by atoms with van der Waals surface area (Å²) in [5, 5.41) is 0.723. The summed E-state index contributed by atoms with van der Waals surface area (Å²) in [7, 11) is 3.18. The maximum Gasteiger partial charge on any atom is 0.228 e. The SMILES string of the molecule is COc1cc2nc(N3CCN(C(=O)C4CC4c4cccc(C)c4)CC3)nc(N)c2cc1OC. The number of benzene rings is 2. The number of carbonyl (C=O) groups is 1. The first-order valence-electron chi connectivity index (χ1n) is 11.3. The zero-order chi connectivity index (χ0) is 23.1. The largest absolute Gasteiger partial charge is 0.493 e. The van der Waals surface area contributed by atoms with Crippen LogP contribution < -0.4 is 20.1 Å². The Hall–Kier alpha value is -3.55. The second-order valence-corrected chi connectivity index (χ2v) is 8.81. The minimum atomic E-state index is 0.105. The van der Waals surface area contributed by atoms with E-state index in [1.165, 1.54) is 11.1 Å². The quantitative estimate of drug-likeness (QED) is 0.643. The molecule has 2 heterocycles. The van der Waals surface area contributed by atoms with Gasteiger partial charge in [0.15, 0.2) is 11.5 Å². The third-order valence-electron chi connectivity index (χ3n) is 6.67. The van der Waals surface area contributed by atoms with Gasteiger partial charge in [-0.05, 0) is 30.9 Å². The average molecular weight is 448 g/mol. The first kappa shape index (κ1) is 21.3. The summed E-state index contributed by atoms with van der Waals surface area (Å²) in [4.78, 5) is 26.4. The van der Waals surface area contributed by atoms with E-state index in [0.29, 0.717) is 60.9 Å². The van der Waals surface area contributed by atoms with E-state index in [9.17, 15) is 4.79 Å². The molecule has 8 nitrogen and oxygen atoms in total. The molecule has 0 spiro atoms. The highest BCUT2D eigenvalue weighted by Crippen LogP contribution is 2.48. The lowest BCUT2D eigenvalue weighted by Gasteiger charge is -2.35. The Morgan fingerprint density at radius 2 is 1.76 bits per heavy atom. The molecule has 2 aliphatic rings. The lowest BCUT2D eigenvalue weighted by molar-refractivity contribution is -0.133. The number of fused-ring (bicyclic) bond motifs is 1. The van der Waals surface area contributed by atoms with Crippen LogP contribution in [0.4, 0.5) is 11.8 Å². The molecule has 2 N–H and O–H groups in total. The van der Waals surface area contributed by atoms with Gasteiger partial charge in [-0.15, -0.1) is 0 Å². The van der Waals surface area contributed by atoms with Crippen LogP contribution in [-0.4, -0.2) is 61.2 Å². The normalized spacial score (nSPS) is 20.1. The first-order chi connectivity index (χ1) is 16.0. The summed E-state index contributed by atoms with van der Waals surface area (Å²) >= 11 is 0. The number of nitrogens with two attached hydrogens (primary N) is 1. The standard InChI is InChI=1S/C25H29N5O3/c1-15-5-4-6-16(11-15)17-12-18(17)24(31)29-7-9-30(10-8-29)25-27-20-14-22(33-3)21(32-2)13-19(20)23(26)28-25/h4-6,11,13-14,17-18H,7-10,12H2,1-3H3,(H2,26,27,28). The van der Waals surface area contributed by atoms with Crippen molar-refractivity contribution in [1.82, 2.24) is 14.9 Å². The molecule has 1 aromatic heterocycles. The zero-order valence-electron chi connectivity index (χ0n) is 19.2. The second-order valence-electron chi connectivity index (χ2n) is 8.81. The maximum atomic E-state index is 13.1. The third-order valence-corrected chi connectivity index (χ3v) is 6.67. The number of aromatic nitrogens is 2. The number of amides is 1. The Morgan fingerprint density at radius 3 is 2.45 bits per heavy atom. The van der Waals surface area contributed by atoms with E-state index in [0.717, 1.165) is 11.8 Å². The van der Waals surface area contributed by atoms with Crippen molar-refractivity contribution in [3.8, 4) is 11.5 Å². The fourth-order valence-electron chi connectivity index (χ4n) is 4.71. The fraction of sp³-hybridized carbons (Fsp3) is 0.400. The van der Waals surface area contributed by atoms with Crippen molar-refractivity contribution in [3.63, 3.8) is 0 Å². The molecule has 33 heavy (non-hydrogen) atoms. The van der Waals surface area contributed by atoms with Crippen molar-refractivity contribution in [3.05, 3.63) is 47.5 Å². The number of aryl methyl sites for hydroxylation is 1. The van der Waals surface area contributed by atoms with Crippen LogP contribution in [0, 0.1) is 12.8 Å². The number of anilines is 2. The Bertz CT molecular complexity index is 1210. The number of nitrogen functional groups attached to an aromatic ring is 1. The van der Waals surface area contributed by atoms with E-state index in [1.54, 1.807) is 20.3 Å². The molecule has 172 valence electrons. The Morgan fingerprint density at radius 1 is 1.03 bits per heavy atom.